The molecule has 0 spiro atoms. The fourth-order valence-electron chi connectivity index (χ4n) is 2.07. The average molecular weight is 313 g/mol. The summed E-state index contributed by atoms with van der Waals surface area (Å²) in [4.78, 5) is 0. The van der Waals surface area contributed by atoms with Gasteiger partial charge in [-0.1, -0.05) is 47.4 Å². The lowest BCUT2D eigenvalue weighted by molar-refractivity contribution is 0.220. The van der Waals surface area contributed by atoms with E-state index in [1.807, 2.05) is 0 Å². The maximum atomic E-state index is 10.8. The zero-order valence-electron chi connectivity index (χ0n) is 15.8. The van der Waals surface area contributed by atoms with Crippen LogP contribution in [-0.2, 0) is 0 Å². The summed E-state index contributed by atoms with van der Waals surface area (Å²) < 4.78 is 32.9. The lowest BCUT2D eigenvalue weighted by Crippen LogP contribution is -2.02. The highest BCUT2D eigenvalue weighted by Gasteiger charge is 2.15. The molecular formula is C17H18Cl2O. The van der Waals surface area contributed by atoms with Crippen LogP contribution >= 0.6 is 23.2 Å². The molecule has 0 amide bonds. The molecule has 0 aliphatic carbocycles. The van der Waals surface area contributed by atoms with Crippen molar-refractivity contribution in [3.63, 3.8) is 0 Å². The van der Waals surface area contributed by atoms with Crippen molar-refractivity contribution in [2.24, 2.45) is 0 Å². The first-order chi connectivity index (χ1) is 11.0. The molecule has 2 aromatic carbocycles. The van der Waals surface area contributed by atoms with Crippen LogP contribution in [0.2, 0.25) is 10.0 Å². The number of hydrogen-bond acceptors (Lipinski definition) is 1. The Hall–Kier alpha value is -1.02. The first kappa shape index (κ1) is 10.7. The predicted octanol–water partition coefficient (Wildman–Crippen LogP) is 5.31. The highest BCUT2D eigenvalue weighted by molar-refractivity contribution is 6.32. The van der Waals surface area contributed by atoms with E-state index in [2.05, 4.69) is 0 Å². The minimum atomic E-state index is -1.44. The van der Waals surface area contributed by atoms with Gasteiger partial charge in [0.25, 0.3) is 0 Å². The maximum absolute atomic E-state index is 10.8. The van der Waals surface area contributed by atoms with Crippen molar-refractivity contribution >= 4 is 23.2 Å². The minimum absolute atomic E-state index is 0.0489. The van der Waals surface area contributed by atoms with Gasteiger partial charge in [0.15, 0.2) is 0 Å². The first-order valence-corrected chi connectivity index (χ1v) is 6.97. The molecule has 106 valence electrons. The predicted molar refractivity (Wildman–Crippen MR) is 85.9 cm³/mol. The Bertz CT molecular complexity index is 722. The molecule has 0 heterocycles. The van der Waals surface area contributed by atoms with E-state index in [1.54, 1.807) is 27.7 Å². The third-order valence-corrected chi connectivity index (χ3v) is 4.29. The Morgan fingerprint density at radius 2 is 1.05 bits per heavy atom. The van der Waals surface area contributed by atoms with E-state index in [1.165, 1.54) is 0 Å². The summed E-state index contributed by atoms with van der Waals surface area (Å²) in [5, 5.41) is 11.5. The van der Waals surface area contributed by atoms with Crippen LogP contribution in [0.4, 0.5) is 0 Å². The van der Waals surface area contributed by atoms with Gasteiger partial charge >= 0.3 is 0 Å². The molecule has 0 saturated heterocycles. The van der Waals surface area contributed by atoms with Gasteiger partial charge in [-0.2, -0.15) is 0 Å². The number of hydrogen-bond donors (Lipinski definition) is 1. The second-order valence-corrected chi connectivity index (χ2v) is 5.61. The van der Waals surface area contributed by atoms with Crippen molar-refractivity contribution in [3.05, 3.63) is 67.6 Å². The van der Waals surface area contributed by atoms with E-state index in [9.17, 15) is 5.11 Å². The number of benzene rings is 2. The lowest BCUT2D eigenvalue weighted by atomic mass is 9.95. The molecule has 0 bridgehead atoms. The second-order valence-electron chi connectivity index (χ2n) is 4.86. The van der Waals surface area contributed by atoms with Crippen LogP contribution in [0.25, 0.3) is 0 Å². The summed E-state index contributed by atoms with van der Waals surface area (Å²) in [5.74, 6) is 0. The molecule has 0 fully saturated rings. The van der Waals surface area contributed by atoms with E-state index >= 15 is 0 Å². The molecule has 3 heteroatoms. The molecule has 0 aromatic heterocycles. The van der Waals surface area contributed by atoms with Gasteiger partial charge in [-0.15, -0.1) is 0 Å². The average Bonchev–Trinajstić information content (AvgIpc) is 2.55. The SMILES string of the molecule is [2H]c1c(C)c(Cl)c(C)c([2H])c1C(O)c1c([2H])c(C)c(Cl)c(C)c1[2H]. The van der Waals surface area contributed by atoms with Crippen molar-refractivity contribution in [3.8, 4) is 0 Å². The van der Waals surface area contributed by atoms with Crippen molar-refractivity contribution in [2.45, 2.75) is 33.8 Å². The lowest BCUT2D eigenvalue weighted by Gasteiger charge is -2.16. The van der Waals surface area contributed by atoms with Crippen LogP contribution in [-0.4, -0.2) is 5.11 Å². The molecule has 0 unspecified atom stereocenters. The fraction of sp³-hybridized carbons (Fsp3) is 0.294. The van der Waals surface area contributed by atoms with E-state index in [4.69, 9.17) is 28.7 Å². The van der Waals surface area contributed by atoms with Gasteiger partial charge in [0.1, 0.15) is 6.10 Å². The topological polar surface area (TPSA) is 20.2 Å². The summed E-state index contributed by atoms with van der Waals surface area (Å²) in [6.45, 7) is 6.59. The second kappa shape index (κ2) is 5.77. The Labute approximate surface area is 135 Å². The van der Waals surface area contributed by atoms with Crippen LogP contribution in [0, 0.1) is 27.7 Å². The van der Waals surface area contributed by atoms with Gasteiger partial charge < -0.3 is 5.11 Å². The van der Waals surface area contributed by atoms with Gasteiger partial charge in [-0.25, -0.2) is 0 Å². The number of rotatable bonds is 2. The molecule has 0 saturated carbocycles. The van der Waals surface area contributed by atoms with E-state index in [0.29, 0.717) is 32.3 Å². The van der Waals surface area contributed by atoms with Crippen molar-refractivity contribution < 1.29 is 10.6 Å². The van der Waals surface area contributed by atoms with Crippen molar-refractivity contribution in [2.75, 3.05) is 0 Å². The molecule has 2 aromatic rings. The fourth-order valence-corrected chi connectivity index (χ4v) is 2.26. The van der Waals surface area contributed by atoms with E-state index < -0.39 is 6.10 Å². The highest BCUT2D eigenvalue weighted by Crippen LogP contribution is 2.31. The molecule has 0 aliphatic rings. The number of halogens is 2. The zero-order chi connectivity index (χ0) is 18.5. The van der Waals surface area contributed by atoms with Gasteiger partial charge in [0.2, 0.25) is 0 Å². The van der Waals surface area contributed by atoms with E-state index in [0.717, 1.165) is 0 Å². The molecule has 2 rings (SSSR count). The van der Waals surface area contributed by atoms with E-state index in [-0.39, 0.29) is 35.3 Å². The molecule has 0 aliphatic heterocycles. The molecule has 0 atom stereocenters. The van der Waals surface area contributed by atoms with Crippen LogP contribution < -0.4 is 0 Å². The van der Waals surface area contributed by atoms with Gasteiger partial charge in [0, 0.05) is 10.0 Å². The third-order valence-electron chi connectivity index (χ3n) is 3.15. The smallest absolute Gasteiger partial charge is 0.104 e. The number of aliphatic hydroxyl groups excluding tert-OH is 1. The van der Waals surface area contributed by atoms with Gasteiger partial charge in [0.05, 0.1) is 5.48 Å². The number of aliphatic hydroxyl groups is 1. The standard InChI is InChI=1S/C17H18Cl2O/c1-9-5-13(6-10(2)15(9)18)17(20)14-7-11(3)16(19)12(4)8-14/h5-8,17,20H,1-4H3/i5D,6D,7D,8D. The van der Waals surface area contributed by atoms with Crippen molar-refractivity contribution in [1.82, 2.24) is 0 Å². The molecule has 1 nitrogen and oxygen atoms in total. The Balaban J connectivity index is 2.84. The molecule has 1 N–H and O–H groups in total. The van der Waals surface area contributed by atoms with Crippen LogP contribution in [0.5, 0.6) is 0 Å². The summed E-state index contributed by atoms with van der Waals surface area (Å²) in [7, 11) is 0. The quantitative estimate of drug-likeness (QED) is 0.796. The highest BCUT2D eigenvalue weighted by atomic mass is 35.5. The maximum Gasteiger partial charge on any atom is 0.104 e. The normalized spacial score (nSPS) is 14.0. The Morgan fingerprint density at radius 3 is 1.30 bits per heavy atom. The molecule has 0 radical (unpaired) electrons. The molecular weight excluding hydrogens is 291 g/mol. The van der Waals surface area contributed by atoms with Gasteiger partial charge in [-0.3, -0.25) is 0 Å². The van der Waals surface area contributed by atoms with Crippen LogP contribution in [0.1, 0.15) is 45.0 Å². The summed E-state index contributed by atoms with van der Waals surface area (Å²) in [5.41, 5.74) is 1.94. The third kappa shape index (κ3) is 2.85. The molecule has 20 heavy (non-hydrogen) atoms. The summed E-state index contributed by atoms with van der Waals surface area (Å²) in [6.07, 6.45) is -1.44. The minimum Gasteiger partial charge on any atom is -0.384 e. The van der Waals surface area contributed by atoms with Crippen LogP contribution in [0.3, 0.4) is 0 Å². The summed E-state index contributed by atoms with van der Waals surface area (Å²) >= 11 is 12.3. The Kier molecular flexibility index (Phi) is 3.08. The van der Waals surface area contributed by atoms with Crippen molar-refractivity contribution in [1.29, 1.82) is 0 Å². The largest absolute Gasteiger partial charge is 0.384 e. The Morgan fingerprint density at radius 1 is 0.800 bits per heavy atom. The summed E-state index contributed by atoms with van der Waals surface area (Å²) in [6, 6.07) is -0.196. The zero-order valence-corrected chi connectivity index (χ0v) is 13.3. The van der Waals surface area contributed by atoms with Crippen LogP contribution in [0.15, 0.2) is 24.2 Å². The van der Waals surface area contributed by atoms with Gasteiger partial charge in [-0.05, 0) is 61.1 Å². The monoisotopic (exact) mass is 312 g/mol. The first-order valence-electron chi connectivity index (χ1n) is 8.21.